The predicted octanol–water partition coefficient (Wildman–Crippen LogP) is 2.45. The number of H-pyrrole nitrogens is 1. The van der Waals surface area contributed by atoms with Crippen molar-refractivity contribution in [3.8, 4) is 0 Å². The second kappa shape index (κ2) is 7.84. The second-order valence-electron chi connectivity index (χ2n) is 4.80. The summed E-state index contributed by atoms with van der Waals surface area (Å²) in [7, 11) is 1.36. The normalized spacial score (nSPS) is 10.6. The molecule has 0 aliphatic carbocycles. The molecule has 0 amide bonds. The van der Waals surface area contributed by atoms with E-state index in [1.165, 1.54) is 18.9 Å². The Bertz CT molecular complexity index is 693. The molecule has 118 valence electrons. The Morgan fingerprint density at radius 2 is 2.27 bits per heavy atom. The molecule has 1 aromatic carbocycles. The number of nitrogens with zero attached hydrogens (tertiary/aromatic N) is 2. The van der Waals surface area contributed by atoms with Crippen molar-refractivity contribution in [1.82, 2.24) is 14.8 Å². The summed E-state index contributed by atoms with van der Waals surface area (Å²) in [5.41, 5.74) is 1.32. The third-order valence-corrected chi connectivity index (χ3v) is 4.22. The van der Waals surface area contributed by atoms with E-state index < -0.39 is 0 Å². The molecule has 0 unspecified atom stereocenters. The van der Waals surface area contributed by atoms with Crippen LogP contribution in [0.2, 0.25) is 0 Å². The van der Waals surface area contributed by atoms with Crippen molar-refractivity contribution in [3.63, 3.8) is 0 Å². The van der Waals surface area contributed by atoms with Gasteiger partial charge in [0.2, 0.25) is 0 Å². The van der Waals surface area contributed by atoms with E-state index in [9.17, 15) is 9.59 Å². The van der Waals surface area contributed by atoms with E-state index in [1.807, 2.05) is 12.1 Å². The van der Waals surface area contributed by atoms with Crippen LogP contribution in [0.4, 0.5) is 0 Å². The van der Waals surface area contributed by atoms with E-state index in [-0.39, 0.29) is 11.7 Å². The highest BCUT2D eigenvalue weighted by Gasteiger charge is 2.10. The molecular weight excluding hydrogens is 302 g/mol. The summed E-state index contributed by atoms with van der Waals surface area (Å²) in [6.07, 6.45) is 1.95. The Kier molecular flexibility index (Phi) is 5.83. The Balaban J connectivity index is 2.07. The number of methoxy groups -OCH3 is 1. The first-order valence-corrected chi connectivity index (χ1v) is 8.09. The Labute approximate surface area is 132 Å². The number of ether oxygens (including phenoxy) is 1. The molecule has 0 atom stereocenters. The molecule has 22 heavy (non-hydrogen) atoms. The molecule has 1 aromatic heterocycles. The molecule has 1 heterocycles. The van der Waals surface area contributed by atoms with Crippen molar-refractivity contribution in [1.29, 1.82) is 0 Å². The molecule has 0 bridgehead atoms. The van der Waals surface area contributed by atoms with Gasteiger partial charge < -0.3 is 4.74 Å². The zero-order valence-electron chi connectivity index (χ0n) is 12.7. The van der Waals surface area contributed by atoms with Gasteiger partial charge in [-0.3, -0.25) is 4.57 Å². The topological polar surface area (TPSA) is 77.0 Å². The van der Waals surface area contributed by atoms with Crippen LogP contribution in [0, 0.1) is 0 Å². The lowest BCUT2D eigenvalue weighted by Gasteiger charge is -2.05. The van der Waals surface area contributed by atoms with Crippen LogP contribution in [-0.2, 0) is 17.0 Å². The highest BCUT2D eigenvalue weighted by molar-refractivity contribution is 7.98. The standard InChI is InChI=1S/C15H19N3O3S/c1-3-4-8-18-14(20)16-17-15(18)22-10-11-6-5-7-12(9-11)13(19)21-2/h5-7,9H,3-4,8,10H2,1-2H3,(H,16,20). The summed E-state index contributed by atoms with van der Waals surface area (Å²) >= 11 is 1.47. The summed E-state index contributed by atoms with van der Waals surface area (Å²) in [4.78, 5) is 23.2. The summed E-state index contributed by atoms with van der Waals surface area (Å²) in [6, 6.07) is 7.25. The number of rotatable bonds is 7. The Morgan fingerprint density at radius 1 is 1.45 bits per heavy atom. The van der Waals surface area contributed by atoms with E-state index in [2.05, 4.69) is 17.1 Å². The van der Waals surface area contributed by atoms with Crippen LogP contribution in [0.15, 0.2) is 34.2 Å². The lowest BCUT2D eigenvalue weighted by atomic mass is 10.1. The predicted molar refractivity (Wildman–Crippen MR) is 85.1 cm³/mol. The van der Waals surface area contributed by atoms with Crippen molar-refractivity contribution < 1.29 is 9.53 Å². The molecule has 1 N–H and O–H groups in total. The van der Waals surface area contributed by atoms with E-state index in [4.69, 9.17) is 4.74 Å². The third-order valence-electron chi connectivity index (χ3n) is 3.17. The Hall–Kier alpha value is -2.02. The molecule has 7 heteroatoms. The van der Waals surface area contributed by atoms with Gasteiger partial charge >= 0.3 is 11.7 Å². The number of thioether (sulfide) groups is 1. The summed E-state index contributed by atoms with van der Waals surface area (Å²) in [5.74, 6) is 0.271. The fourth-order valence-electron chi connectivity index (χ4n) is 1.98. The van der Waals surface area contributed by atoms with Gasteiger partial charge in [-0.2, -0.15) is 0 Å². The van der Waals surface area contributed by atoms with Gasteiger partial charge in [0, 0.05) is 12.3 Å². The zero-order chi connectivity index (χ0) is 15.9. The van der Waals surface area contributed by atoms with Gasteiger partial charge in [0.1, 0.15) is 0 Å². The number of hydrogen-bond donors (Lipinski definition) is 1. The number of benzene rings is 1. The molecule has 0 fully saturated rings. The number of hydrogen-bond acceptors (Lipinski definition) is 5. The van der Waals surface area contributed by atoms with Gasteiger partial charge in [-0.15, -0.1) is 5.10 Å². The van der Waals surface area contributed by atoms with E-state index >= 15 is 0 Å². The first kappa shape index (κ1) is 16.4. The maximum Gasteiger partial charge on any atom is 0.343 e. The summed E-state index contributed by atoms with van der Waals surface area (Å²) < 4.78 is 6.36. The van der Waals surface area contributed by atoms with Gasteiger partial charge in [-0.05, 0) is 24.1 Å². The minimum absolute atomic E-state index is 0.181. The molecular formula is C15H19N3O3S. The van der Waals surface area contributed by atoms with E-state index in [0.717, 1.165) is 18.4 Å². The van der Waals surface area contributed by atoms with Crippen LogP contribution in [-0.4, -0.2) is 27.8 Å². The maximum absolute atomic E-state index is 11.7. The summed E-state index contributed by atoms with van der Waals surface area (Å²) in [6.45, 7) is 2.74. The third kappa shape index (κ3) is 4.00. The number of aromatic nitrogens is 3. The quantitative estimate of drug-likeness (QED) is 0.626. The van der Waals surface area contributed by atoms with Crippen molar-refractivity contribution in [2.24, 2.45) is 0 Å². The molecule has 0 spiro atoms. The van der Waals surface area contributed by atoms with Crippen LogP contribution >= 0.6 is 11.8 Å². The van der Waals surface area contributed by atoms with Crippen LogP contribution in [0.1, 0.15) is 35.7 Å². The van der Waals surface area contributed by atoms with E-state index in [0.29, 0.717) is 23.0 Å². The number of aromatic amines is 1. The lowest BCUT2D eigenvalue weighted by molar-refractivity contribution is 0.0600. The molecule has 0 aliphatic rings. The maximum atomic E-state index is 11.7. The van der Waals surface area contributed by atoms with Crippen molar-refractivity contribution in [2.75, 3.05) is 7.11 Å². The van der Waals surface area contributed by atoms with Gasteiger partial charge in [-0.25, -0.2) is 14.7 Å². The zero-order valence-corrected chi connectivity index (χ0v) is 13.5. The number of esters is 1. The number of carbonyl (C=O) groups is 1. The van der Waals surface area contributed by atoms with Gasteiger partial charge in [0.05, 0.1) is 12.7 Å². The first-order chi connectivity index (χ1) is 10.7. The van der Waals surface area contributed by atoms with Crippen LogP contribution in [0.3, 0.4) is 0 Å². The van der Waals surface area contributed by atoms with Crippen LogP contribution in [0.25, 0.3) is 0 Å². The summed E-state index contributed by atoms with van der Waals surface area (Å²) in [5, 5.41) is 7.21. The van der Waals surface area contributed by atoms with Crippen molar-refractivity contribution >= 4 is 17.7 Å². The SMILES string of the molecule is CCCCn1c(SCc2cccc(C(=O)OC)c2)n[nH]c1=O. The van der Waals surface area contributed by atoms with Crippen molar-refractivity contribution in [3.05, 3.63) is 45.9 Å². The number of nitrogens with one attached hydrogen (secondary N) is 1. The van der Waals surface area contributed by atoms with Gasteiger partial charge in [0.25, 0.3) is 0 Å². The molecule has 0 saturated carbocycles. The second-order valence-corrected chi connectivity index (χ2v) is 5.74. The molecule has 0 saturated heterocycles. The minimum Gasteiger partial charge on any atom is -0.465 e. The smallest absolute Gasteiger partial charge is 0.343 e. The molecule has 2 aromatic rings. The molecule has 0 radical (unpaired) electrons. The monoisotopic (exact) mass is 321 g/mol. The van der Waals surface area contributed by atoms with Gasteiger partial charge in [-0.1, -0.05) is 37.2 Å². The first-order valence-electron chi connectivity index (χ1n) is 7.11. The number of carbonyl (C=O) groups excluding carboxylic acids is 1. The highest BCUT2D eigenvalue weighted by atomic mass is 32.2. The van der Waals surface area contributed by atoms with Crippen LogP contribution in [0.5, 0.6) is 0 Å². The fraction of sp³-hybridized carbons (Fsp3) is 0.400. The Morgan fingerprint density at radius 3 is 3.00 bits per heavy atom. The minimum atomic E-state index is -0.355. The average molecular weight is 321 g/mol. The fourth-order valence-corrected chi connectivity index (χ4v) is 2.90. The number of unbranched alkanes of at least 4 members (excludes halogenated alkanes) is 1. The lowest BCUT2D eigenvalue weighted by Crippen LogP contribution is -2.17. The van der Waals surface area contributed by atoms with Crippen molar-refractivity contribution in [2.45, 2.75) is 37.2 Å². The molecule has 0 aliphatic heterocycles. The van der Waals surface area contributed by atoms with Crippen LogP contribution < -0.4 is 5.69 Å². The largest absolute Gasteiger partial charge is 0.465 e. The highest BCUT2D eigenvalue weighted by Crippen LogP contribution is 2.20. The van der Waals surface area contributed by atoms with E-state index in [1.54, 1.807) is 16.7 Å². The molecule has 2 rings (SSSR count). The van der Waals surface area contributed by atoms with Gasteiger partial charge in [0.15, 0.2) is 5.16 Å². The average Bonchev–Trinajstić information content (AvgIpc) is 2.90. The molecule has 6 nitrogen and oxygen atoms in total.